The highest BCUT2D eigenvalue weighted by Crippen LogP contribution is 2.33. The zero-order valence-electron chi connectivity index (χ0n) is 13.1. The highest BCUT2D eigenvalue weighted by molar-refractivity contribution is 5.90. The maximum atomic E-state index is 12.1. The summed E-state index contributed by atoms with van der Waals surface area (Å²) < 4.78 is 0. The van der Waals surface area contributed by atoms with Gasteiger partial charge in [-0.2, -0.15) is 0 Å². The van der Waals surface area contributed by atoms with Crippen LogP contribution in [0.3, 0.4) is 0 Å². The number of carbonyl (C=O) groups is 1. The first-order valence-corrected chi connectivity index (χ1v) is 7.57. The third kappa shape index (κ3) is 4.17. The molecule has 19 heavy (non-hydrogen) atoms. The van der Waals surface area contributed by atoms with E-state index in [9.17, 15) is 4.79 Å². The summed E-state index contributed by atoms with van der Waals surface area (Å²) in [7, 11) is 1.89. The Bertz CT molecular complexity index is 348. The zero-order valence-corrected chi connectivity index (χ0v) is 13.1. The quantitative estimate of drug-likeness (QED) is 0.862. The highest BCUT2D eigenvalue weighted by Gasteiger charge is 2.39. The van der Waals surface area contributed by atoms with Gasteiger partial charge >= 0.3 is 0 Å². The van der Waals surface area contributed by atoms with Crippen molar-refractivity contribution < 1.29 is 4.79 Å². The fourth-order valence-corrected chi connectivity index (χ4v) is 2.47. The largest absolute Gasteiger partial charge is 0.304 e. The monoisotopic (exact) mass is 263 g/mol. The minimum atomic E-state index is -0.417. The smallest absolute Gasteiger partial charge is 0.157 e. The second-order valence-corrected chi connectivity index (χ2v) is 4.15. The summed E-state index contributed by atoms with van der Waals surface area (Å²) in [5.74, 6) is 0.336. The summed E-state index contributed by atoms with van der Waals surface area (Å²) >= 11 is 0. The summed E-state index contributed by atoms with van der Waals surface area (Å²) in [6.07, 6.45) is 3.79. The first-order chi connectivity index (χ1) is 9.29. The molecule has 1 aromatic rings. The second-order valence-electron chi connectivity index (χ2n) is 4.15. The minimum Gasteiger partial charge on any atom is -0.304 e. The van der Waals surface area contributed by atoms with Gasteiger partial charge in [-0.05, 0) is 25.5 Å². The summed E-state index contributed by atoms with van der Waals surface area (Å²) in [5.41, 5.74) is 0.691. The minimum absolute atomic E-state index is 0.336. The number of rotatable bonds is 2. The van der Waals surface area contributed by atoms with E-state index in [1.54, 1.807) is 0 Å². The summed E-state index contributed by atoms with van der Waals surface area (Å²) in [5, 5.41) is 3.23. The van der Waals surface area contributed by atoms with Crippen LogP contribution in [0, 0.1) is 0 Å². The van der Waals surface area contributed by atoms with Crippen molar-refractivity contribution in [3.8, 4) is 0 Å². The molecule has 1 N–H and O–H groups in total. The molecule has 1 aliphatic rings. The molecular formula is C17H29NO. The number of benzene rings is 1. The third-order valence-electron chi connectivity index (χ3n) is 3.37. The lowest BCUT2D eigenvalue weighted by Crippen LogP contribution is -2.49. The van der Waals surface area contributed by atoms with Gasteiger partial charge in [-0.15, -0.1) is 0 Å². The molecule has 2 rings (SSSR count). The van der Waals surface area contributed by atoms with Crippen molar-refractivity contribution >= 4 is 5.78 Å². The number of hydrogen-bond donors (Lipinski definition) is 1. The molecule has 1 fully saturated rings. The van der Waals surface area contributed by atoms with E-state index >= 15 is 0 Å². The Morgan fingerprint density at radius 2 is 1.58 bits per heavy atom. The molecule has 0 radical (unpaired) electrons. The predicted octanol–water partition coefficient (Wildman–Crippen LogP) is 4.30. The molecule has 0 saturated heterocycles. The van der Waals surface area contributed by atoms with Crippen molar-refractivity contribution in [1.29, 1.82) is 0 Å². The molecule has 0 aliphatic heterocycles. The lowest BCUT2D eigenvalue weighted by molar-refractivity contribution is -0.127. The molecule has 1 unspecified atom stereocenters. The van der Waals surface area contributed by atoms with E-state index in [1.807, 2.05) is 65.1 Å². The average Bonchev–Trinajstić information content (AvgIpc) is 2.53. The first-order valence-electron chi connectivity index (χ1n) is 7.57. The molecule has 0 heterocycles. The van der Waals surface area contributed by atoms with E-state index < -0.39 is 5.54 Å². The third-order valence-corrected chi connectivity index (χ3v) is 3.37. The van der Waals surface area contributed by atoms with E-state index in [0.717, 1.165) is 24.8 Å². The molecule has 0 spiro atoms. The standard InChI is InChI=1S/C13H17NO.2C2H6/c1-14-13(10-6-5-9-12(13)15)11-7-3-2-4-8-11;2*1-2/h2-4,7-8,14H,5-6,9-10H2,1H3;2*1-2H3. The van der Waals surface area contributed by atoms with E-state index in [0.29, 0.717) is 12.2 Å². The van der Waals surface area contributed by atoms with Gasteiger partial charge in [0, 0.05) is 6.42 Å². The van der Waals surface area contributed by atoms with Crippen LogP contribution in [0.2, 0.25) is 0 Å². The molecule has 0 aromatic heterocycles. The summed E-state index contributed by atoms with van der Waals surface area (Å²) in [4.78, 5) is 12.1. The van der Waals surface area contributed by atoms with Crippen LogP contribution in [-0.4, -0.2) is 12.8 Å². The van der Waals surface area contributed by atoms with Crippen molar-refractivity contribution in [3.63, 3.8) is 0 Å². The highest BCUT2D eigenvalue weighted by atomic mass is 16.1. The Morgan fingerprint density at radius 3 is 2.05 bits per heavy atom. The Kier molecular flexibility index (Phi) is 9.15. The molecule has 0 bridgehead atoms. The van der Waals surface area contributed by atoms with E-state index in [1.165, 1.54) is 0 Å². The number of Topliss-reactive ketones (excluding diaryl/α,β-unsaturated/α-hetero) is 1. The Hall–Kier alpha value is -1.15. The van der Waals surface area contributed by atoms with Crippen LogP contribution in [-0.2, 0) is 10.3 Å². The molecule has 2 nitrogen and oxygen atoms in total. The maximum Gasteiger partial charge on any atom is 0.157 e. The van der Waals surface area contributed by atoms with Crippen LogP contribution >= 0.6 is 0 Å². The van der Waals surface area contributed by atoms with Crippen molar-refractivity contribution in [2.75, 3.05) is 7.05 Å². The normalized spacial score (nSPS) is 21.6. The molecule has 0 amide bonds. The van der Waals surface area contributed by atoms with E-state index in [2.05, 4.69) is 5.32 Å². The van der Waals surface area contributed by atoms with Gasteiger partial charge < -0.3 is 5.32 Å². The van der Waals surface area contributed by atoms with Gasteiger partial charge in [0.15, 0.2) is 5.78 Å². The number of carbonyl (C=O) groups excluding carboxylic acids is 1. The Morgan fingerprint density at radius 1 is 1.00 bits per heavy atom. The van der Waals surface area contributed by atoms with E-state index in [-0.39, 0.29) is 0 Å². The zero-order chi connectivity index (χ0) is 14.7. The fourth-order valence-electron chi connectivity index (χ4n) is 2.47. The number of hydrogen-bond acceptors (Lipinski definition) is 2. The number of ketones is 1. The van der Waals surface area contributed by atoms with Crippen molar-refractivity contribution in [2.45, 2.75) is 58.9 Å². The second kappa shape index (κ2) is 9.74. The van der Waals surface area contributed by atoms with Gasteiger partial charge in [0.05, 0.1) is 0 Å². The molecule has 2 heteroatoms. The van der Waals surface area contributed by atoms with Crippen LogP contribution in [0.15, 0.2) is 30.3 Å². The number of nitrogens with one attached hydrogen (secondary N) is 1. The van der Waals surface area contributed by atoms with E-state index in [4.69, 9.17) is 0 Å². The molecule has 1 aliphatic carbocycles. The first kappa shape index (κ1) is 17.8. The summed E-state index contributed by atoms with van der Waals surface area (Å²) in [6, 6.07) is 10.1. The van der Waals surface area contributed by atoms with Gasteiger partial charge in [0.25, 0.3) is 0 Å². The molecule has 108 valence electrons. The average molecular weight is 263 g/mol. The molecular weight excluding hydrogens is 234 g/mol. The molecule has 1 aromatic carbocycles. The Labute approximate surface area is 118 Å². The van der Waals surface area contributed by atoms with Crippen LogP contribution < -0.4 is 5.32 Å². The van der Waals surface area contributed by atoms with Gasteiger partial charge in [-0.3, -0.25) is 4.79 Å². The van der Waals surface area contributed by atoms with Crippen LogP contribution in [0.5, 0.6) is 0 Å². The van der Waals surface area contributed by atoms with Gasteiger partial charge in [0.1, 0.15) is 5.54 Å². The van der Waals surface area contributed by atoms with Crippen molar-refractivity contribution in [1.82, 2.24) is 5.32 Å². The van der Waals surface area contributed by atoms with Gasteiger partial charge in [-0.1, -0.05) is 64.4 Å². The van der Waals surface area contributed by atoms with Crippen LogP contribution in [0.1, 0.15) is 58.9 Å². The molecule has 1 saturated carbocycles. The van der Waals surface area contributed by atoms with Crippen molar-refractivity contribution in [2.24, 2.45) is 0 Å². The Balaban J connectivity index is 0.000000741. The predicted molar refractivity (Wildman–Crippen MR) is 83.4 cm³/mol. The van der Waals surface area contributed by atoms with Crippen LogP contribution in [0.4, 0.5) is 0 Å². The summed E-state index contributed by atoms with van der Waals surface area (Å²) in [6.45, 7) is 8.00. The molecule has 1 atom stereocenters. The van der Waals surface area contributed by atoms with Gasteiger partial charge in [-0.25, -0.2) is 0 Å². The number of likely N-dealkylation sites (N-methyl/N-ethyl adjacent to an activating group) is 1. The van der Waals surface area contributed by atoms with Crippen LogP contribution in [0.25, 0.3) is 0 Å². The lowest BCUT2D eigenvalue weighted by atomic mass is 9.76. The van der Waals surface area contributed by atoms with Crippen molar-refractivity contribution in [3.05, 3.63) is 35.9 Å². The fraction of sp³-hybridized carbons (Fsp3) is 0.588. The topological polar surface area (TPSA) is 29.1 Å². The SMILES string of the molecule is CC.CC.CNC1(c2ccccc2)CCCCC1=O. The van der Waals surface area contributed by atoms with Gasteiger partial charge in [0.2, 0.25) is 0 Å². The maximum absolute atomic E-state index is 12.1. The lowest BCUT2D eigenvalue weighted by Gasteiger charge is -2.36.